The Kier molecular flexibility index (Phi) is 2.30. The number of nitrogens with zero attached hydrogens (tertiary/aromatic N) is 2. The summed E-state index contributed by atoms with van der Waals surface area (Å²) in [6, 6.07) is -0.0643. The fraction of sp³-hybridized carbons (Fsp3) is 0.667. The van der Waals surface area contributed by atoms with Gasteiger partial charge >= 0.3 is 0 Å². The fourth-order valence-electron chi connectivity index (χ4n) is 1.76. The zero-order valence-electron chi connectivity index (χ0n) is 7.76. The summed E-state index contributed by atoms with van der Waals surface area (Å²) in [7, 11) is 0. The first-order chi connectivity index (χ1) is 6.20. The monoisotopic (exact) mass is 199 g/mol. The van der Waals surface area contributed by atoms with E-state index in [2.05, 4.69) is 9.55 Å². The molecule has 0 aliphatic carbocycles. The molecule has 72 valence electrons. The highest BCUT2D eigenvalue weighted by atomic mass is 35.5. The number of fused-ring (bicyclic) bond motifs is 1. The first-order valence-electron chi connectivity index (χ1n) is 4.70. The zero-order valence-corrected chi connectivity index (χ0v) is 8.51. The normalized spacial score (nSPS) is 18.4. The van der Waals surface area contributed by atoms with Crippen molar-refractivity contribution in [2.75, 3.05) is 0 Å². The average Bonchev–Trinajstić information content (AvgIpc) is 2.45. The molecule has 0 fully saturated rings. The first-order valence-corrected chi connectivity index (χ1v) is 5.08. The van der Waals surface area contributed by atoms with E-state index in [0.717, 1.165) is 29.6 Å². The molecule has 0 bridgehead atoms. The van der Waals surface area contributed by atoms with Gasteiger partial charge in [-0.15, -0.1) is 0 Å². The van der Waals surface area contributed by atoms with Gasteiger partial charge in [0.1, 0.15) is 11.0 Å². The molecule has 1 atom stereocenters. The second-order valence-corrected chi connectivity index (χ2v) is 3.96. The van der Waals surface area contributed by atoms with Gasteiger partial charge in [0.25, 0.3) is 0 Å². The number of hydrogen-bond donors (Lipinski definition) is 1. The van der Waals surface area contributed by atoms with Gasteiger partial charge in [0.15, 0.2) is 0 Å². The highest BCUT2D eigenvalue weighted by Gasteiger charge is 2.19. The lowest BCUT2D eigenvalue weighted by atomic mass is 10.2. The van der Waals surface area contributed by atoms with Crippen LogP contribution in [0, 0.1) is 0 Å². The summed E-state index contributed by atoms with van der Waals surface area (Å²) in [5.74, 6) is 1.10. The van der Waals surface area contributed by atoms with Gasteiger partial charge in [0.2, 0.25) is 0 Å². The van der Waals surface area contributed by atoms with E-state index in [-0.39, 0.29) is 6.04 Å². The third-order valence-electron chi connectivity index (χ3n) is 2.47. The van der Waals surface area contributed by atoms with Crippen LogP contribution in [0.25, 0.3) is 0 Å². The van der Waals surface area contributed by atoms with E-state index in [0.29, 0.717) is 0 Å². The third-order valence-corrected chi connectivity index (χ3v) is 2.87. The van der Waals surface area contributed by atoms with E-state index < -0.39 is 0 Å². The first kappa shape index (κ1) is 9.03. The summed E-state index contributed by atoms with van der Waals surface area (Å²) in [6.07, 6.45) is 3.44. The summed E-state index contributed by atoms with van der Waals surface area (Å²) in [6.45, 7) is 2.91. The molecule has 0 amide bonds. The molecule has 2 rings (SSSR count). The van der Waals surface area contributed by atoms with Crippen LogP contribution in [0.1, 0.15) is 37.3 Å². The molecule has 2 N–H and O–H groups in total. The van der Waals surface area contributed by atoms with Crippen LogP contribution in [0.2, 0.25) is 5.15 Å². The molecule has 0 spiro atoms. The van der Waals surface area contributed by atoms with Gasteiger partial charge in [0.05, 0.1) is 5.69 Å². The van der Waals surface area contributed by atoms with Gasteiger partial charge in [-0.05, 0) is 19.8 Å². The van der Waals surface area contributed by atoms with Crippen molar-refractivity contribution < 1.29 is 0 Å². The SMILES string of the molecule is CC(N)c1nc2n(c1Cl)CCCC2. The molecular weight excluding hydrogens is 186 g/mol. The predicted molar refractivity (Wildman–Crippen MR) is 52.8 cm³/mol. The van der Waals surface area contributed by atoms with Crippen LogP contribution in [0.15, 0.2) is 0 Å². The van der Waals surface area contributed by atoms with Crippen molar-refractivity contribution in [2.45, 2.75) is 38.8 Å². The second kappa shape index (κ2) is 3.31. The summed E-state index contributed by atoms with van der Waals surface area (Å²) >= 11 is 6.16. The van der Waals surface area contributed by atoms with Gasteiger partial charge in [-0.1, -0.05) is 11.6 Å². The Morgan fingerprint density at radius 3 is 2.92 bits per heavy atom. The van der Waals surface area contributed by atoms with E-state index in [1.54, 1.807) is 0 Å². The Balaban J connectivity index is 2.44. The van der Waals surface area contributed by atoms with Gasteiger partial charge in [0, 0.05) is 19.0 Å². The molecule has 0 saturated heterocycles. The van der Waals surface area contributed by atoms with Crippen molar-refractivity contribution >= 4 is 11.6 Å². The van der Waals surface area contributed by atoms with Crippen molar-refractivity contribution in [1.82, 2.24) is 9.55 Å². The standard InChI is InChI=1S/C9H14ClN3/c1-6(11)8-9(10)13-5-3-2-4-7(13)12-8/h6H,2-5,11H2,1H3. The molecule has 3 nitrogen and oxygen atoms in total. The fourth-order valence-corrected chi connectivity index (χ4v) is 2.15. The molecule has 0 radical (unpaired) electrons. The van der Waals surface area contributed by atoms with Crippen molar-refractivity contribution in [3.05, 3.63) is 16.7 Å². The molecule has 1 aromatic rings. The number of aromatic nitrogens is 2. The van der Waals surface area contributed by atoms with Gasteiger partial charge in [-0.2, -0.15) is 0 Å². The number of imidazole rings is 1. The topological polar surface area (TPSA) is 43.8 Å². The quantitative estimate of drug-likeness (QED) is 0.751. The van der Waals surface area contributed by atoms with E-state index in [1.807, 2.05) is 6.92 Å². The molecule has 0 aromatic carbocycles. The highest BCUT2D eigenvalue weighted by Crippen LogP contribution is 2.26. The molecule has 1 aliphatic rings. The van der Waals surface area contributed by atoms with E-state index in [9.17, 15) is 0 Å². The van der Waals surface area contributed by atoms with Gasteiger partial charge in [-0.3, -0.25) is 0 Å². The van der Waals surface area contributed by atoms with Gasteiger partial charge in [-0.25, -0.2) is 4.98 Å². The maximum Gasteiger partial charge on any atom is 0.133 e. The number of halogens is 1. The van der Waals surface area contributed by atoms with Crippen LogP contribution in [0.4, 0.5) is 0 Å². The minimum Gasteiger partial charge on any atom is -0.323 e. The van der Waals surface area contributed by atoms with Crippen LogP contribution in [0.5, 0.6) is 0 Å². The lowest BCUT2D eigenvalue weighted by Crippen LogP contribution is -2.10. The summed E-state index contributed by atoms with van der Waals surface area (Å²) in [4.78, 5) is 4.46. The summed E-state index contributed by atoms with van der Waals surface area (Å²) in [5, 5.41) is 0.740. The van der Waals surface area contributed by atoms with Crippen molar-refractivity contribution in [3.63, 3.8) is 0 Å². The van der Waals surface area contributed by atoms with Crippen LogP contribution in [0.3, 0.4) is 0 Å². The molecule has 2 heterocycles. The van der Waals surface area contributed by atoms with Crippen molar-refractivity contribution in [3.8, 4) is 0 Å². The molecule has 4 heteroatoms. The van der Waals surface area contributed by atoms with Gasteiger partial charge < -0.3 is 10.3 Å². The van der Waals surface area contributed by atoms with Crippen molar-refractivity contribution in [2.24, 2.45) is 5.73 Å². The minimum atomic E-state index is -0.0643. The molecule has 1 unspecified atom stereocenters. The number of hydrogen-bond acceptors (Lipinski definition) is 2. The Bertz CT molecular complexity index is 317. The van der Waals surface area contributed by atoms with Crippen LogP contribution in [-0.4, -0.2) is 9.55 Å². The number of rotatable bonds is 1. The van der Waals surface area contributed by atoms with Crippen molar-refractivity contribution in [1.29, 1.82) is 0 Å². The van der Waals surface area contributed by atoms with Crippen LogP contribution < -0.4 is 5.73 Å². The number of aryl methyl sites for hydroxylation is 1. The molecule has 1 aromatic heterocycles. The smallest absolute Gasteiger partial charge is 0.133 e. The van der Waals surface area contributed by atoms with E-state index in [1.165, 1.54) is 12.8 Å². The highest BCUT2D eigenvalue weighted by molar-refractivity contribution is 6.30. The average molecular weight is 200 g/mol. The molecule has 13 heavy (non-hydrogen) atoms. The largest absolute Gasteiger partial charge is 0.323 e. The van der Waals surface area contributed by atoms with E-state index >= 15 is 0 Å². The van der Waals surface area contributed by atoms with Crippen LogP contribution >= 0.6 is 11.6 Å². The maximum absolute atomic E-state index is 6.16. The summed E-state index contributed by atoms with van der Waals surface area (Å²) in [5.41, 5.74) is 6.61. The lowest BCUT2D eigenvalue weighted by Gasteiger charge is -2.13. The summed E-state index contributed by atoms with van der Waals surface area (Å²) < 4.78 is 2.09. The Labute approximate surface area is 82.9 Å². The maximum atomic E-state index is 6.16. The van der Waals surface area contributed by atoms with E-state index in [4.69, 9.17) is 17.3 Å². The molecule has 0 saturated carbocycles. The van der Waals surface area contributed by atoms with Crippen LogP contribution in [-0.2, 0) is 13.0 Å². The second-order valence-electron chi connectivity index (χ2n) is 3.60. The Hall–Kier alpha value is -0.540. The molecule has 1 aliphatic heterocycles. The Morgan fingerprint density at radius 1 is 1.54 bits per heavy atom. The Morgan fingerprint density at radius 2 is 2.31 bits per heavy atom. The molecular formula is C9H14ClN3. The zero-order chi connectivity index (χ0) is 9.42. The lowest BCUT2D eigenvalue weighted by molar-refractivity contribution is 0.523. The third kappa shape index (κ3) is 1.46. The predicted octanol–water partition coefficient (Wildman–Crippen LogP) is 1.89. The number of nitrogens with two attached hydrogens (primary N) is 1. The minimum absolute atomic E-state index is 0.0643.